The van der Waals surface area contributed by atoms with Crippen LogP contribution in [0, 0.1) is 6.92 Å². The van der Waals surface area contributed by atoms with Gasteiger partial charge in [-0.1, -0.05) is 0 Å². The molecule has 0 saturated carbocycles. The van der Waals surface area contributed by atoms with Crippen LogP contribution in [0.4, 0.5) is 13.2 Å². The number of benzene rings is 1. The fourth-order valence-corrected chi connectivity index (χ4v) is 1.64. The second kappa shape index (κ2) is 3.58. The lowest BCUT2D eigenvalue weighted by molar-refractivity contribution is -0.137. The fraction of sp³-hybridized carbons (Fsp3) is 0.273. The first-order valence-corrected chi connectivity index (χ1v) is 4.85. The average molecular weight is 242 g/mol. The molecule has 3 nitrogen and oxygen atoms in total. The molecule has 2 aromatic rings. The smallest absolute Gasteiger partial charge is 0.308 e. The van der Waals surface area contributed by atoms with E-state index in [1.165, 1.54) is 24.6 Å². The van der Waals surface area contributed by atoms with Crippen LogP contribution in [0.1, 0.15) is 11.3 Å². The molecule has 6 heteroatoms. The van der Waals surface area contributed by atoms with Gasteiger partial charge in [0, 0.05) is 7.05 Å². The minimum Gasteiger partial charge on any atom is -0.308 e. The summed E-state index contributed by atoms with van der Waals surface area (Å²) < 4.78 is 38.7. The number of aryl methyl sites for hydroxylation is 2. The Balaban J connectivity index is 2.83. The zero-order valence-corrected chi connectivity index (χ0v) is 9.17. The number of fused-ring (bicyclic) bond motifs is 1. The van der Waals surface area contributed by atoms with Gasteiger partial charge in [0.2, 0.25) is 0 Å². The Bertz CT molecular complexity index is 643. The molecule has 0 aliphatic carbocycles. The third-order valence-corrected chi connectivity index (χ3v) is 2.57. The number of hydrogen-bond donors (Lipinski definition) is 0. The minimum absolute atomic E-state index is 0.176. The van der Waals surface area contributed by atoms with Crippen molar-refractivity contribution in [3.63, 3.8) is 0 Å². The van der Waals surface area contributed by atoms with Crippen LogP contribution in [-0.4, -0.2) is 9.55 Å². The van der Waals surface area contributed by atoms with Crippen molar-refractivity contribution in [1.29, 1.82) is 0 Å². The Morgan fingerprint density at radius 2 is 1.94 bits per heavy atom. The van der Waals surface area contributed by atoms with Gasteiger partial charge in [-0.3, -0.25) is 4.79 Å². The zero-order valence-electron chi connectivity index (χ0n) is 9.17. The standard InChI is InChI=1S/C11H9F3N2O/c1-6-10(17)16(2)9-5-7(11(12,13)14)3-4-8(9)15-6/h3-5H,1-2H3. The number of rotatable bonds is 0. The highest BCUT2D eigenvalue weighted by molar-refractivity contribution is 5.75. The molecule has 0 aliphatic rings. The van der Waals surface area contributed by atoms with Gasteiger partial charge in [0.15, 0.2) is 0 Å². The average Bonchev–Trinajstić information content (AvgIpc) is 2.24. The van der Waals surface area contributed by atoms with Crippen LogP contribution in [0.25, 0.3) is 11.0 Å². The summed E-state index contributed by atoms with van der Waals surface area (Å²) in [6, 6.07) is 3.16. The molecule has 0 spiro atoms. The number of alkyl halides is 3. The third kappa shape index (κ3) is 1.90. The lowest BCUT2D eigenvalue weighted by Gasteiger charge is -2.10. The molecular weight excluding hydrogens is 233 g/mol. The molecule has 0 radical (unpaired) electrons. The summed E-state index contributed by atoms with van der Waals surface area (Å²) in [5.74, 6) is 0. The largest absolute Gasteiger partial charge is 0.416 e. The Morgan fingerprint density at radius 3 is 2.53 bits per heavy atom. The molecule has 1 heterocycles. The van der Waals surface area contributed by atoms with Crippen molar-refractivity contribution in [3.05, 3.63) is 39.8 Å². The van der Waals surface area contributed by atoms with Crippen molar-refractivity contribution in [2.45, 2.75) is 13.1 Å². The van der Waals surface area contributed by atoms with E-state index in [9.17, 15) is 18.0 Å². The Labute approximate surface area is 94.5 Å². The molecule has 0 unspecified atom stereocenters. The quantitative estimate of drug-likeness (QED) is 0.710. The van der Waals surface area contributed by atoms with Crippen LogP contribution >= 0.6 is 0 Å². The van der Waals surface area contributed by atoms with Gasteiger partial charge < -0.3 is 4.57 Å². The highest BCUT2D eigenvalue weighted by Crippen LogP contribution is 2.30. The molecule has 0 aliphatic heterocycles. The molecule has 0 atom stereocenters. The van der Waals surface area contributed by atoms with E-state index in [4.69, 9.17) is 0 Å². The first-order valence-electron chi connectivity index (χ1n) is 4.85. The van der Waals surface area contributed by atoms with Crippen molar-refractivity contribution >= 4 is 11.0 Å². The summed E-state index contributed by atoms with van der Waals surface area (Å²) >= 11 is 0. The van der Waals surface area contributed by atoms with E-state index >= 15 is 0 Å². The van der Waals surface area contributed by atoms with E-state index in [0.29, 0.717) is 5.52 Å². The lowest BCUT2D eigenvalue weighted by Crippen LogP contribution is -2.21. The van der Waals surface area contributed by atoms with E-state index < -0.39 is 17.3 Å². The van der Waals surface area contributed by atoms with E-state index in [1.807, 2.05) is 0 Å². The van der Waals surface area contributed by atoms with Gasteiger partial charge in [0.1, 0.15) is 5.69 Å². The molecule has 0 bridgehead atoms. The van der Waals surface area contributed by atoms with Crippen molar-refractivity contribution in [2.75, 3.05) is 0 Å². The fourth-order valence-electron chi connectivity index (χ4n) is 1.64. The van der Waals surface area contributed by atoms with Crippen molar-refractivity contribution in [1.82, 2.24) is 9.55 Å². The zero-order chi connectivity index (χ0) is 12.8. The Hall–Kier alpha value is -1.85. The van der Waals surface area contributed by atoms with Crippen molar-refractivity contribution in [3.8, 4) is 0 Å². The van der Waals surface area contributed by atoms with Crippen LogP contribution in [0.5, 0.6) is 0 Å². The highest BCUT2D eigenvalue weighted by Gasteiger charge is 2.30. The molecule has 0 saturated heterocycles. The first kappa shape index (κ1) is 11.6. The third-order valence-electron chi connectivity index (χ3n) is 2.57. The van der Waals surface area contributed by atoms with Gasteiger partial charge in [-0.05, 0) is 25.1 Å². The first-order chi connectivity index (χ1) is 7.80. The van der Waals surface area contributed by atoms with Gasteiger partial charge in [-0.2, -0.15) is 13.2 Å². The van der Waals surface area contributed by atoms with Crippen LogP contribution < -0.4 is 5.56 Å². The van der Waals surface area contributed by atoms with Crippen LogP contribution in [0.2, 0.25) is 0 Å². The summed E-state index contributed by atoms with van der Waals surface area (Å²) in [7, 11) is 1.43. The van der Waals surface area contributed by atoms with Gasteiger partial charge in [-0.15, -0.1) is 0 Å². The van der Waals surface area contributed by atoms with Gasteiger partial charge >= 0.3 is 6.18 Å². The summed E-state index contributed by atoms with van der Waals surface area (Å²) in [6.45, 7) is 1.53. The summed E-state index contributed by atoms with van der Waals surface area (Å²) in [5.41, 5.74) is -0.365. The predicted molar refractivity (Wildman–Crippen MR) is 56.7 cm³/mol. The molecule has 1 aromatic heterocycles. The molecule has 1 aromatic carbocycles. The van der Waals surface area contributed by atoms with E-state index in [-0.39, 0.29) is 11.2 Å². The number of nitrogens with zero attached hydrogens (tertiary/aromatic N) is 2. The van der Waals surface area contributed by atoms with E-state index in [1.54, 1.807) is 0 Å². The number of halogens is 3. The maximum Gasteiger partial charge on any atom is 0.416 e. The Morgan fingerprint density at radius 1 is 1.29 bits per heavy atom. The van der Waals surface area contributed by atoms with Gasteiger partial charge in [-0.25, -0.2) is 4.98 Å². The monoisotopic (exact) mass is 242 g/mol. The molecule has 0 N–H and O–H groups in total. The summed E-state index contributed by atoms with van der Waals surface area (Å²) in [5, 5.41) is 0. The van der Waals surface area contributed by atoms with Crippen LogP contribution in [0.3, 0.4) is 0 Å². The van der Waals surface area contributed by atoms with Crippen LogP contribution in [0.15, 0.2) is 23.0 Å². The normalized spacial score (nSPS) is 12.1. The minimum atomic E-state index is -4.42. The highest BCUT2D eigenvalue weighted by atomic mass is 19.4. The second-order valence-electron chi connectivity index (χ2n) is 3.76. The molecule has 17 heavy (non-hydrogen) atoms. The maximum atomic E-state index is 12.5. The molecule has 0 fully saturated rings. The van der Waals surface area contributed by atoms with Crippen molar-refractivity contribution in [2.24, 2.45) is 7.05 Å². The number of aromatic nitrogens is 2. The molecule has 90 valence electrons. The molecular formula is C11H9F3N2O. The lowest BCUT2D eigenvalue weighted by atomic mass is 10.2. The number of hydrogen-bond acceptors (Lipinski definition) is 2. The van der Waals surface area contributed by atoms with E-state index in [2.05, 4.69) is 4.98 Å². The van der Waals surface area contributed by atoms with Crippen LogP contribution in [-0.2, 0) is 13.2 Å². The topological polar surface area (TPSA) is 34.9 Å². The van der Waals surface area contributed by atoms with Crippen molar-refractivity contribution < 1.29 is 13.2 Å². The van der Waals surface area contributed by atoms with Gasteiger partial charge in [0.25, 0.3) is 5.56 Å². The summed E-state index contributed by atoms with van der Waals surface area (Å²) in [6.07, 6.45) is -4.42. The predicted octanol–water partition coefficient (Wildman–Crippen LogP) is 2.26. The Kier molecular flexibility index (Phi) is 2.45. The second-order valence-corrected chi connectivity index (χ2v) is 3.76. The SMILES string of the molecule is Cc1nc2ccc(C(F)(F)F)cc2n(C)c1=O. The maximum absolute atomic E-state index is 12.5. The summed E-state index contributed by atoms with van der Waals surface area (Å²) in [4.78, 5) is 15.5. The molecule has 2 rings (SSSR count). The molecule has 0 amide bonds. The van der Waals surface area contributed by atoms with Gasteiger partial charge in [0.05, 0.1) is 16.6 Å². The van der Waals surface area contributed by atoms with E-state index in [0.717, 1.165) is 12.1 Å².